The zero-order valence-electron chi connectivity index (χ0n) is 15.7. The molecule has 0 saturated carbocycles. The number of nitrogens with zero attached hydrogens (tertiary/aromatic N) is 2. The third kappa shape index (κ3) is 4.14. The number of sulfonamides is 1. The molecule has 2 rings (SSSR count). The predicted octanol–water partition coefficient (Wildman–Crippen LogP) is 3.55. The second kappa shape index (κ2) is 8.47. The van der Waals surface area contributed by atoms with E-state index < -0.39 is 10.0 Å². The molecule has 2 aromatic carbocycles. The lowest BCUT2D eigenvalue weighted by Gasteiger charge is -2.26. The summed E-state index contributed by atoms with van der Waals surface area (Å²) in [4.78, 5) is 14.6. The minimum Gasteiger partial charge on any atom is -0.335 e. The number of carbonyl (C=O) groups is 1. The molecule has 140 valence electrons. The summed E-state index contributed by atoms with van der Waals surface area (Å²) < 4.78 is 26.8. The van der Waals surface area contributed by atoms with Gasteiger partial charge in [0.05, 0.1) is 10.9 Å². The highest BCUT2D eigenvalue weighted by Crippen LogP contribution is 2.22. The maximum absolute atomic E-state index is 12.9. The fourth-order valence-corrected chi connectivity index (χ4v) is 4.34. The van der Waals surface area contributed by atoms with Crippen molar-refractivity contribution in [3.8, 4) is 0 Å². The highest BCUT2D eigenvalue weighted by Gasteiger charge is 2.24. The van der Waals surface area contributed by atoms with Crippen LogP contribution in [-0.4, -0.2) is 43.7 Å². The Morgan fingerprint density at radius 3 is 2.19 bits per heavy atom. The Morgan fingerprint density at radius 2 is 1.62 bits per heavy atom. The van der Waals surface area contributed by atoms with Crippen LogP contribution in [0.2, 0.25) is 0 Å². The van der Waals surface area contributed by atoms with Crippen LogP contribution < -0.4 is 0 Å². The number of carbonyl (C=O) groups excluding carboxylic acids is 1. The first-order valence-corrected chi connectivity index (χ1v) is 10.2. The van der Waals surface area contributed by atoms with E-state index >= 15 is 0 Å². The van der Waals surface area contributed by atoms with E-state index in [1.165, 1.54) is 16.4 Å². The van der Waals surface area contributed by atoms with Crippen LogP contribution in [0.15, 0.2) is 59.5 Å². The maximum Gasteiger partial charge on any atom is 0.254 e. The zero-order valence-corrected chi connectivity index (χ0v) is 16.5. The summed E-state index contributed by atoms with van der Waals surface area (Å²) in [6, 6.07) is 15.9. The van der Waals surface area contributed by atoms with Crippen LogP contribution >= 0.6 is 0 Å². The molecule has 0 aromatic heterocycles. The van der Waals surface area contributed by atoms with Crippen LogP contribution in [0, 0.1) is 0 Å². The lowest BCUT2D eigenvalue weighted by Crippen LogP contribution is -2.32. The van der Waals surface area contributed by atoms with Crippen molar-refractivity contribution in [2.45, 2.75) is 31.7 Å². The van der Waals surface area contributed by atoms with Crippen molar-refractivity contribution in [2.75, 3.05) is 20.1 Å². The monoisotopic (exact) mass is 374 g/mol. The van der Waals surface area contributed by atoms with Crippen LogP contribution in [0.1, 0.15) is 42.7 Å². The largest absolute Gasteiger partial charge is 0.335 e. The van der Waals surface area contributed by atoms with E-state index in [4.69, 9.17) is 0 Å². The molecule has 1 amide bonds. The van der Waals surface area contributed by atoms with Gasteiger partial charge in [0.25, 0.3) is 5.91 Å². The van der Waals surface area contributed by atoms with E-state index in [1.54, 1.807) is 37.9 Å². The molecule has 0 aliphatic heterocycles. The number of rotatable bonds is 7. The zero-order chi connectivity index (χ0) is 19.3. The smallest absolute Gasteiger partial charge is 0.254 e. The average Bonchev–Trinajstić information content (AvgIpc) is 2.67. The number of hydrogen-bond acceptors (Lipinski definition) is 3. The van der Waals surface area contributed by atoms with Crippen molar-refractivity contribution in [1.82, 2.24) is 9.21 Å². The number of amides is 1. The van der Waals surface area contributed by atoms with Gasteiger partial charge in [0.2, 0.25) is 10.0 Å². The van der Waals surface area contributed by atoms with Crippen LogP contribution in [0.3, 0.4) is 0 Å². The van der Waals surface area contributed by atoms with Gasteiger partial charge in [-0.05, 0) is 30.7 Å². The van der Waals surface area contributed by atoms with Gasteiger partial charge in [-0.2, -0.15) is 4.31 Å². The molecule has 6 heteroatoms. The first-order valence-electron chi connectivity index (χ1n) is 8.75. The Balaban J connectivity index is 2.31. The first kappa shape index (κ1) is 20.1. The van der Waals surface area contributed by atoms with E-state index in [0.29, 0.717) is 18.7 Å². The Kier molecular flexibility index (Phi) is 6.56. The van der Waals surface area contributed by atoms with Crippen molar-refractivity contribution in [3.63, 3.8) is 0 Å². The average molecular weight is 375 g/mol. The molecule has 0 aliphatic carbocycles. The Morgan fingerprint density at radius 1 is 1.00 bits per heavy atom. The Hall–Kier alpha value is -2.18. The minimum absolute atomic E-state index is 0.119. The van der Waals surface area contributed by atoms with Crippen LogP contribution in [-0.2, 0) is 10.0 Å². The van der Waals surface area contributed by atoms with E-state index in [2.05, 4.69) is 0 Å². The van der Waals surface area contributed by atoms with Crippen molar-refractivity contribution >= 4 is 15.9 Å². The van der Waals surface area contributed by atoms with Crippen molar-refractivity contribution in [1.29, 1.82) is 0 Å². The van der Waals surface area contributed by atoms with E-state index in [0.717, 1.165) is 5.56 Å². The molecule has 0 fully saturated rings. The van der Waals surface area contributed by atoms with Gasteiger partial charge in [0.1, 0.15) is 0 Å². The quantitative estimate of drug-likeness (QED) is 0.745. The topological polar surface area (TPSA) is 57.7 Å². The summed E-state index contributed by atoms with van der Waals surface area (Å²) >= 11 is 0. The lowest BCUT2D eigenvalue weighted by atomic mass is 10.1. The molecule has 0 heterocycles. The van der Waals surface area contributed by atoms with Gasteiger partial charge < -0.3 is 4.90 Å². The normalized spacial score (nSPS) is 12.8. The fourth-order valence-electron chi connectivity index (χ4n) is 2.84. The predicted molar refractivity (Wildman–Crippen MR) is 103 cm³/mol. The summed E-state index contributed by atoms with van der Waals surface area (Å²) in [5.74, 6) is -0.210. The summed E-state index contributed by atoms with van der Waals surface area (Å²) in [6.07, 6.45) is 0. The second-order valence-electron chi connectivity index (χ2n) is 6.12. The van der Waals surface area contributed by atoms with Gasteiger partial charge in [-0.25, -0.2) is 8.42 Å². The van der Waals surface area contributed by atoms with E-state index in [-0.39, 0.29) is 16.8 Å². The molecular formula is C20H26N2O3S. The van der Waals surface area contributed by atoms with Gasteiger partial charge in [-0.1, -0.05) is 50.2 Å². The number of benzene rings is 2. The van der Waals surface area contributed by atoms with Crippen molar-refractivity contribution in [2.24, 2.45) is 0 Å². The molecular weight excluding hydrogens is 348 g/mol. The molecule has 0 radical (unpaired) electrons. The lowest BCUT2D eigenvalue weighted by molar-refractivity contribution is 0.0742. The summed E-state index contributed by atoms with van der Waals surface area (Å²) in [5, 5.41) is 0. The van der Waals surface area contributed by atoms with Gasteiger partial charge in [-0.3, -0.25) is 4.79 Å². The second-order valence-corrected chi connectivity index (χ2v) is 8.06. The molecule has 1 unspecified atom stereocenters. The molecule has 26 heavy (non-hydrogen) atoms. The van der Waals surface area contributed by atoms with Gasteiger partial charge in [0, 0.05) is 25.7 Å². The third-order valence-electron chi connectivity index (χ3n) is 4.61. The van der Waals surface area contributed by atoms with Crippen molar-refractivity contribution < 1.29 is 13.2 Å². The molecule has 2 aromatic rings. The van der Waals surface area contributed by atoms with Crippen molar-refractivity contribution in [3.05, 3.63) is 65.7 Å². The highest BCUT2D eigenvalue weighted by atomic mass is 32.2. The molecule has 5 nitrogen and oxygen atoms in total. The Labute approximate surface area is 156 Å². The van der Waals surface area contributed by atoms with Gasteiger partial charge >= 0.3 is 0 Å². The van der Waals surface area contributed by atoms with Crippen LogP contribution in [0.4, 0.5) is 0 Å². The standard InChI is InChI=1S/C20H26N2O3S/c1-5-22(6-2)26(24,25)19-14-10-13-18(15-19)20(23)21(4)16(3)17-11-8-7-9-12-17/h7-16H,5-6H2,1-4H3. The SMILES string of the molecule is CCN(CC)S(=O)(=O)c1cccc(C(=O)N(C)C(C)c2ccccc2)c1. The first-order chi connectivity index (χ1) is 12.3. The molecule has 0 bridgehead atoms. The van der Waals surface area contributed by atoms with Gasteiger partial charge in [-0.15, -0.1) is 0 Å². The number of hydrogen-bond donors (Lipinski definition) is 0. The highest BCUT2D eigenvalue weighted by molar-refractivity contribution is 7.89. The van der Waals surface area contributed by atoms with Crippen LogP contribution in [0.25, 0.3) is 0 Å². The minimum atomic E-state index is -3.59. The molecule has 0 N–H and O–H groups in total. The third-order valence-corrected chi connectivity index (χ3v) is 6.65. The molecule has 0 saturated heterocycles. The Bertz CT molecular complexity index is 846. The van der Waals surface area contributed by atoms with E-state index in [9.17, 15) is 13.2 Å². The maximum atomic E-state index is 12.9. The molecule has 1 atom stereocenters. The molecule has 0 aliphatic rings. The summed E-state index contributed by atoms with van der Waals surface area (Å²) in [5.41, 5.74) is 1.39. The molecule has 0 spiro atoms. The van der Waals surface area contributed by atoms with E-state index in [1.807, 2.05) is 37.3 Å². The fraction of sp³-hybridized carbons (Fsp3) is 0.350. The van der Waals surface area contributed by atoms with Crippen LogP contribution in [0.5, 0.6) is 0 Å². The summed E-state index contributed by atoms with van der Waals surface area (Å²) in [7, 11) is -1.86. The summed E-state index contributed by atoms with van der Waals surface area (Å²) in [6.45, 7) is 6.32. The van der Waals surface area contributed by atoms with Gasteiger partial charge in [0.15, 0.2) is 0 Å².